The molecule has 0 aliphatic carbocycles. The van der Waals surface area contributed by atoms with Crippen LogP contribution in [-0.2, 0) is 13.1 Å². The third-order valence-electron chi connectivity index (χ3n) is 4.13. The normalized spacial score (nSPS) is 17.2. The number of aromatic nitrogens is 2. The molecule has 0 radical (unpaired) electrons. The van der Waals surface area contributed by atoms with E-state index in [2.05, 4.69) is 20.5 Å². The number of imidazole rings is 1. The number of halogens is 2. The van der Waals surface area contributed by atoms with Crippen molar-refractivity contribution in [3.8, 4) is 0 Å². The fourth-order valence-electron chi connectivity index (χ4n) is 2.92. The van der Waals surface area contributed by atoms with E-state index in [0.717, 1.165) is 32.1 Å². The Morgan fingerprint density at radius 3 is 2.62 bits per heavy atom. The molecule has 1 aromatic heterocycles. The summed E-state index contributed by atoms with van der Waals surface area (Å²) in [5.41, 5.74) is 1.23. The summed E-state index contributed by atoms with van der Waals surface area (Å²) in [5, 5.41) is 1.27. The van der Waals surface area contributed by atoms with Gasteiger partial charge in [0.1, 0.15) is 0 Å². The van der Waals surface area contributed by atoms with E-state index in [1.165, 1.54) is 18.4 Å². The first kappa shape index (κ1) is 14.9. The van der Waals surface area contributed by atoms with Crippen LogP contribution in [0, 0.1) is 5.92 Å². The number of hydrogen-bond acceptors (Lipinski definition) is 2. The molecule has 5 heteroatoms. The Labute approximate surface area is 135 Å². The molecule has 1 saturated heterocycles. The summed E-state index contributed by atoms with van der Waals surface area (Å²) in [4.78, 5) is 6.59. The van der Waals surface area contributed by atoms with Gasteiger partial charge in [0, 0.05) is 25.5 Å². The molecule has 3 rings (SSSR count). The van der Waals surface area contributed by atoms with Crippen LogP contribution in [0.1, 0.15) is 18.4 Å². The van der Waals surface area contributed by atoms with Crippen LogP contribution in [0.5, 0.6) is 0 Å². The first-order valence-corrected chi connectivity index (χ1v) is 8.08. The van der Waals surface area contributed by atoms with Crippen LogP contribution in [0.3, 0.4) is 0 Å². The summed E-state index contributed by atoms with van der Waals surface area (Å²) in [5.74, 6) is 0.754. The average molecular weight is 324 g/mol. The first-order chi connectivity index (χ1) is 10.2. The SMILES string of the molecule is Clc1ccc(CN2CCC(Cn3ccnc3)CC2)cc1Cl. The van der Waals surface area contributed by atoms with Gasteiger partial charge in [-0.15, -0.1) is 0 Å². The Balaban J connectivity index is 1.50. The monoisotopic (exact) mass is 323 g/mol. The van der Waals surface area contributed by atoms with E-state index in [4.69, 9.17) is 23.2 Å². The van der Waals surface area contributed by atoms with Crippen molar-refractivity contribution >= 4 is 23.2 Å². The number of nitrogens with zero attached hydrogens (tertiary/aromatic N) is 3. The van der Waals surface area contributed by atoms with Crippen molar-refractivity contribution in [3.63, 3.8) is 0 Å². The number of hydrogen-bond donors (Lipinski definition) is 0. The topological polar surface area (TPSA) is 21.1 Å². The maximum absolute atomic E-state index is 6.08. The van der Waals surface area contributed by atoms with Gasteiger partial charge in [-0.1, -0.05) is 29.3 Å². The lowest BCUT2D eigenvalue weighted by Crippen LogP contribution is -2.34. The molecule has 2 aromatic rings. The highest BCUT2D eigenvalue weighted by Crippen LogP contribution is 2.25. The highest BCUT2D eigenvalue weighted by atomic mass is 35.5. The molecule has 112 valence electrons. The molecule has 3 nitrogen and oxygen atoms in total. The zero-order chi connectivity index (χ0) is 14.7. The highest BCUT2D eigenvalue weighted by Gasteiger charge is 2.19. The molecule has 1 aromatic carbocycles. The zero-order valence-electron chi connectivity index (χ0n) is 11.9. The third-order valence-corrected chi connectivity index (χ3v) is 4.86. The Morgan fingerprint density at radius 1 is 1.14 bits per heavy atom. The molecule has 0 amide bonds. The number of benzene rings is 1. The van der Waals surface area contributed by atoms with Gasteiger partial charge in [0.15, 0.2) is 0 Å². The lowest BCUT2D eigenvalue weighted by molar-refractivity contribution is 0.167. The molecule has 1 aliphatic rings. The van der Waals surface area contributed by atoms with Gasteiger partial charge < -0.3 is 4.57 Å². The van der Waals surface area contributed by atoms with Crippen molar-refractivity contribution in [2.45, 2.75) is 25.9 Å². The fourth-order valence-corrected chi connectivity index (χ4v) is 3.24. The maximum atomic E-state index is 6.08. The molecule has 0 atom stereocenters. The van der Waals surface area contributed by atoms with E-state index in [9.17, 15) is 0 Å². The van der Waals surface area contributed by atoms with Crippen LogP contribution in [0.4, 0.5) is 0 Å². The third kappa shape index (κ3) is 4.00. The molecule has 0 spiro atoms. The molecule has 2 heterocycles. The van der Waals surface area contributed by atoms with Crippen molar-refractivity contribution in [3.05, 3.63) is 52.5 Å². The minimum atomic E-state index is 0.624. The number of rotatable bonds is 4. The van der Waals surface area contributed by atoms with E-state index in [0.29, 0.717) is 10.0 Å². The van der Waals surface area contributed by atoms with Crippen molar-refractivity contribution in [2.24, 2.45) is 5.92 Å². The summed E-state index contributed by atoms with van der Waals surface area (Å²) < 4.78 is 2.18. The molecule has 21 heavy (non-hydrogen) atoms. The number of likely N-dealkylation sites (tertiary alicyclic amines) is 1. The summed E-state index contributed by atoms with van der Waals surface area (Å²) in [7, 11) is 0. The molecular weight excluding hydrogens is 305 g/mol. The smallest absolute Gasteiger partial charge is 0.0945 e. The zero-order valence-corrected chi connectivity index (χ0v) is 13.4. The van der Waals surface area contributed by atoms with Gasteiger partial charge >= 0.3 is 0 Å². The predicted molar refractivity (Wildman–Crippen MR) is 86.7 cm³/mol. The van der Waals surface area contributed by atoms with Gasteiger partial charge in [-0.3, -0.25) is 4.90 Å². The summed E-state index contributed by atoms with van der Waals surface area (Å²) in [6.07, 6.45) is 8.27. The van der Waals surface area contributed by atoms with Crippen LogP contribution in [0.2, 0.25) is 10.0 Å². The summed E-state index contributed by atoms with van der Waals surface area (Å²) in [6.45, 7) is 4.31. The van der Waals surface area contributed by atoms with Crippen LogP contribution in [-0.4, -0.2) is 27.5 Å². The quantitative estimate of drug-likeness (QED) is 0.844. The van der Waals surface area contributed by atoms with E-state index in [1.807, 2.05) is 30.9 Å². The van der Waals surface area contributed by atoms with Gasteiger partial charge in [-0.05, 0) is 49.5 Å². The second kappa shape index (κ2) is 6.82. The maximum Gasteiger partial charge on any atom is 0.0945 e. The molecule has 0 N–H and O–H groups in total. The molecule has 1 fully saturated rings. The number of piperidine rings is 1. The van der Waals surface area contributed by atoms with Gasteiger partial charge in [-0.25, -0.2) is 4.98 Å². The van der Waals surface area contributed by atoms with Gasteiger partial charge in [-0.2, -0.15) is 0 Å². The van der Waals surface area contributed by atoms with E-state index >= 15 is 0 Å². The Hall–Kier alpha value is -1.03. The van der Waals surface area contributed by atoms with Gasteiger partial charge in [0.25, 0.3) is 0 Å². The van der Waals surface area contributed by atoms with Crippen molar-refractivity contribution in [1.29, 1.82) is 0 Å². The minimum Gasteiger partial charge on any atom is -0.337 e. The second-order valence-corrected chi connectivity index (χ2v) is 6.54. The molecule has 0 saturated carbocycles. The van der Waals surface area contributed by atoms with Crippen LogP contribution >= 0.6 is 23.2 Å². The highest BCUT2D eigenvalue weighted by molar-refractivity contribution is 6.42. The Kier molecular flexibility index (Phi) is 4.84. The molecular formula is C16H19Cl2N3. The summed E-state index contributed by atoms with van der Waals surface area (Å²) in [6, 6.07) is 5.91. The fraction of sp³-hybridized carbons (Fsp3) is 0.438. The second-order valence-electron chi connectivity index (χ2n) is 5.73. The molecule has 0 unspecified atom stereocenters. The van der Waals surface area contributed by atoms with Crippen LogP contribution in [0.25, 0.3) is 0 Å². The molecule has 0 bridgehead atoms. The van der Waals surface area contributed by atoms with E-state index < -0.39 is 0 Å². The van der Waals surface area contributed by atoms with Crippen LogP contribution < -0.4 is 0 Å². The van der Waals surface area contributed by atoms with E-state index in [-0.39, 0.29) is 0 Å². The summed E-state index contributed by atoms with van der Waals surface area (Å²) >= 11 is 12.0. The average Bonchev–Trinajstić information content (AvgIpc) is 2.98. The Morgan fingerprint density at radius 2 is 1.95 bits per heavy atom. The first-order valence-electron chi connectivity index (χ1n) is 7.33. The lowest BCUT2D eigenvalue weighted by atomic mass is 9.96. The Bertz CT molecular complexity index is 575. The minimum absolute atomic E-state index is 0.624. The van der Waals surface area contributed by atoms with Crippen molar-refractivity contribution < 1.29 is 0 Å². The van der Waals surface area contributed by atoms with Crippen molar-refractivity contribution in [2.75, 3.05) is 13.1 Å². The standard InChI is InChI=1S/C16H19Cl2N3/c17-15-2-1-14(9-16(15)18)11-20-6-3-13(4-7-20)10-21-8-5-19-12-21/h1-2,5,8-9,12-13H,3-4,6-7,10-11H2. The largest absolute Gasteiger partial charge is 0.337 e. The van der Waals surface area contributed by atoms with Crippen molar-refractivity contribution in [1.82, 2.24) is 14.5 Å². The van der Waals surface area contributed by atoms with Gasteiger partial charge in [0.2, 0.25) is 0 Å². The van der Waals surface area contributed by atoms with E-state index in [1.54, 1.807) is 0 Å². The molecule has 1 aliphatic heterocycles. The van der Waals surface area contributed by atoms with Gasteiger partial charge in [0.05, 0.1) is 16.4 Å². The predicted octanol–water partition coefficient (Wildman–Crippen LogP) is 4.10. The lowest BCUT2D eigenvalue weighted by Gasteiger charge is -2.32. The van der Waals surface area contributed by atoms with Crippen LogP contribution in [0.15, 0.2) is 36.9 Å².